The number of likely N-dealkylation sites (tertiary alicyclic amines) is 1. The third-order valence-corrected chi connectivity index (χ3v) is 5.88. The molecule has 0 bridgehead atoms. The summed E-state index contributed by atoms with van der Waals surface area (Å²) < 4.78 is 5.70. The molecule has 0 spiro atoms. The van der Waals surface area contributed by atoms with Gasteiger partial charge in [0.2, 0.25) is 17.7 Å². The number of aromatic nitrogens is 3. The number of amides is 1. The molecule has 1 unspecified atom stereocenters. The summed E-state index contributed by atoms with van der Waals surface area (Å²) in [4.78, 5) is 19.3. The van der Waals surface area contributed by atoms with Gasteiger partial charge in [-0.3, -0.25) is 9.78 Å². The number of hydrogen-bond donors (Lipinski definition) is 0. The Balaban J connectivity index is 1.32. The monoisotopic (exact) mass is 396 g/mol. The van der Waals surface area contributed by atoms with Crippen molar-refractivity contribution in [2.45, 2.75) is 51.0 Å². The van der Waals surface area contributed by atoms with Crippen LogP contribution in [0.15, 0.2) is 45.6 Å². The van der Waals surface area contributed by atoms with Gasteiger partial charge in [0.25, 0.3) is 0 Å². The van der Waals surface area contributed by atoms with Gasteiger partial charge in [0.15, 0.2) is 0 Å². The summed E-state index contributed by atoms with van der Waals surface area (Å²) in [5.41, 5.74) is 2.02. The van der Waals surface area contributed by atoms with Crippen molar-refractivity contribution in [3.8, 4) is 11.5 Å². The van der Waals surface area contributed by atoms with E-state index in [0.29, 0.717) is 30.7 Å². The average molecular weight is 397 g/mol. The summed E-state index contributed by atoms with van der Waals surface area (Å²) in [6, 6.07) is 8.25. The number of rotatable bonds is 7. The summed E-state index contributed by atoms with van der Waals surface area (Å²) >= 11 is 1.59. The molecule has 146 valence electrons. The van der Waals surface area contributed by atoms with Gasteiger partial charge >= 0.3 is 0 Å². The Bertz CT molecular complexity index is 879. The number of carbonyl (C=O) groups is 1. The lowest BCUT2D eigenvalue weighted by atomic mass is 9.96. The van der Waals surface area contributed by atoms with Crippen molar-refractivity contribution >= 4 is 17.2 Å². The van der Waals surface area contributed by atoms with Crippen LogP contribution in [0.2, 0.25) is 0 Å². The summed E-state index contributed by atoms with van der Waals surface area (Å²) in [6.45, 7) is 0.843. The zero-order valence-corrected chi connectivity index (χ0v) is 16.6. The molecule has 1 saturated heterocycles. The third-order valence-electron chi connectivity index (χ3n) is 5.20. The first-order chi connectivity index (χ1) is 13.8. The second-order valence-corrected chi connectivity index (χ2v) is 7.89. The fraction of sp³-hybridized carbons (Fsp3) is 0.429. The molecule has 0 saturated carbocycles. The molecule has 0 aliphatic carbocycles. The van der Waals surface area contributed by atoms with Gasteiger partial charge in [-0.1, -0.05) is 6.07 Å². The zero-order valence-electron chi connectivity index (χ0n) is 15.8. The number of piperidine rings is 1. The maximum atomic E-state index is 12.9. The lowest BCUT2D eigenvalue weighted by Crippen LogP contribution is -2.44. The highest BCUT2D eigenvalue weighted by molar-refractivity contribution is 7.08. The molecule has 3 aromatic rings. The van der Waals surface area contributed by atoms with E-state index in [1.54, 1.807) is 11.3 Å². The van der Waals surface area contributed by atoms with Gasteiger partial charge in [0, 0.05) is 48.3 Å². The number of pyridine rings is 1. The summed E-state index contributed by atoms with van der Waals surface area (Å²) in [6.07, 6.45) is 7.92. The minimum atomic E-state index is 0.181. The second-order valence-electron chi connectivity index (χ2n) is 7.11. The lowest BCUT2D eigenvalue weighted by molar-refractivity contribution is -0.135. The van der Waals surface area contributed by atoms with Gasteiger partial charge in [0.05, 0.1) is 0 Å². The smallest absolute Gasteiger partial charge is 0.248 e. The number of hydrogen-bond acceptors (Lipinski definition) is 6. The lowest BCUT2D eigenvalue weighted by Gasteiger charge is -2.36. The molecule has 1 aliphatic heterocycles. The molecule has 0 N–H and O–H groups in total. The van der Waals surface area contributed by atoms with E-state index in [4.69, 9.17) is 4.42 Å². The van der Waals surface area contributed by atoms with Crippen LogP contribution in [0.3, 0.4) is 0 Å². The second kappa shape index (κ2) is 9.10. The Labute approximate surface area is 168 Å². The highest BCUT2D eigenvalue weighted by Gasteiger charge is 2.26. The molecular formula is C21H24N4O2S. The Morgan fingerprint density at radius 2 is 2.18 bits per heavy atom. The van der Waals surface area contributed by atoms with Crippen molar-refractivity contribution in [2.75, 3.05) is 6.54 Å². The Morgan fingerprint density at radius 1 is 1.21 bits per heavy atom. The van der Waals surface area contributed by atoms with Crippen LogP contribution in [0.5, 0.6) is 0 Å². The fourth-order valence-corrected chi connectivity index (χ4v) is 4.33. The molecule has 4 rings (SSSR count). The highest BCUT2D eigenvalue weighted by atomic mass is 32.1. The van der Waals surface area contributed by atoms with Crippen molar-refractivity contribution in [1.29, 1.82) is 0 Å². The molecule has 6 nitrogen and oxygen atoms in total. The predicted octanol–water partition coefficient (Wildman–Crippen LogP) is 4.14. The van der Waals surface area contributed by atoms with Crippen LogP contribution < -0.4 is 0 Å². The van der Waals surface area contributed by atoms with E-state index in [1.165, 1.54) is 6.42 Å². The van der Waals surface area contributed by atoms with Gasteiger partial charge in [-0.15, -0.1) is 10.2 Å². The number of carbonyl (C=O) groups excluding carboxylic acids is 1. The minimum absolute atomic E-state index is 0.181. The van der Waals surface area contributed by atoms with Gasteiger partial charge in [0.1, 0.15) is 0 Å². The van der Waals surface area contributed by atoms with E-state index in [-0.39, 0.29) is 5.91 Å². The van der Waals surface area contributed by atoms with Crippen LogP contribution in [0.25, 0.3) is 11.5 Å². The molecule has 28 heavy (non-hydrogen) atoms. The molecule has 7 heteroatoms. The first-order valence-electron chi connectivity index (χ1n) is 9.84. The van der Waals surface area contributed by atoms with E-state index in [9.17, 15) is 4.79 Å². The maximum Gasteiger partial charge on any atom is 0.248 e. The fourth-order valence-electron chi connectivity index (χ4n) is 3.70. The number of thiophene rings is 1. The quantitative estimate of drug-likeness (QED) is 0.600. The molecular weight excluding hydrogens is 372 g/mol. The van der Waals surface area contributed by atoms with Crippen LogP contribution in [0.4, 0.5) is 0 Å². The molecule has 0 aromatic carbocycles. The normalized spacial score (nSPS) is 17.0. The third kappa shape index (κ3) is 4.65. The van der Waals surface area contributed by atoms with Crippen LogP contribution in [-0.2, 0) is 17.6 Å². The van der Waals surface area contributed by atoms with E-state index < -0.39 is 0 Å². The van der Waals surface area contributed by atoms with Gasteiger partial charge in [-0.2, -0.15) is 11.3 Å². The van der Waals surface area contributed by atoms with Gasteiger partial charge < -0.3 is 9.32 Å². The largest absolute Gasteiger partial charge is 0.421 e. The standard InChI is InChI=1S/C21H24N4O2S/c26-20(10-9-19-23-24-21(27-19)16-11-14-28-15-16)25-13-4-2-6-18(25)8-7-17-5-1-3-12-22-17/h1,3,5,11-12,14-15,18H,2,4,6-10,13H2. The number of aryl methyl sites for hydroxylation is 2. The molecule has 1 fully saturated rings. The van der Waals surface area contributed by atoms with Gasteiger partial charge in [-0.05, 0) is 55.7 Å². The summed E-state index contributed by atoms with van der Waals surface area (Å²) in [7, 11) is 0. The topological polar surface area (TPSA) is 72.1 Å². The van der Waals surface area contributed by atoms with Crippen LogP contribution in [-0.4, -0.2) is 38.6 Å². The van der Waals surface area contributed by atoms with Crippen molar-refractivity contribution in [1.82, 2.24) is 20.1 Å². The van der Waals surface area contributed by atoms with Crippen LogP contribution >= 0.6 is 11.3 Å². The maximum absolute atomic E-state index is 12.9. The molecule has 0 radical (unpaired) electrons. The first-order valence-corrected chi connectivity index (χ1v) is 10.8. The SMILES string of the molecule is O=C(CCc1nnc(-c2ccsc2)o1)N1CCCCC1CCc1ccccn1. The summed E-state index contributed by atoms with van der Waals surface area (Å²) in [5, 5.41) is 12.1. The minimum Gasteiger partial charge on any atom is -0.421 e. The molecule has 4 heterocycles. The van der Waals surface area contributed by atoms with Crippen molar-refractivity contribution < 1.29 is 9.21 Å². The van der Waals surface area contributed by atoms with Crippen LogP contribution in [0, 0.1) is 0 Å². The van der Waals surface area contributed by atoms with Gasteiger partial charge in [-0.25, -0.2) is 0 Å². The van der Waals surface area contributed by atoms with E-state index in [1.807, 2.05) is 35.2 Å². The Hall–Kier alpha value is -2.54. The van der Waals surface area contributed by atoms with Crippen molar-refractivity contribution in [2.24, 2.45) is 0 Å². The van der Waals surface area contributed by atoms with Crippen molar-refractivity contribution in [3.63, 3.8) is 0 Å². The predicted molar refractivity (Wildman–Crippen MR) is 108 cm³/mol. The molecule has 3 aromatic heterocycles. The highest BCUT2D eigenvalue weighted by Crippen LogP contribution is 2.23. The van der Waals surface area contributed by atoms with Crippen molar-refractivity contribution in [3.05, 3.63) is 52.8 Å². The Morgan fingerprint density at radius 3 is 3.00 bits per heavy atom. The van der Waals surface area contributed by atoms with E-state index in [0.717, 1.165) is 43.5 Å². The first kappa shape index (κ1) is 18.8. The molecule has 1 atom stereocenters. The van der Waals surface area contributed by atoms with E-state index in [2.05, 4.69) is 26.1 Å². The van der Waals surface area contributed by atoms with Crippen LogP contribution in [0.1, 0.15) is 43.7 Å². The Kier molecular flexibility index (Phi) is 6.11. The van der Waals surface area contributed by atoms with E-state index >= 15 is 0 Å². The molecule has 1 amide bonds. The zero-order chi connectivity index (χ0) is 19.2. The average Bonchev–Trinajstić information content (AvgIpc) is 3.43. The summed E-state index contributed by atoms with van der Waals surface area (Å²) in [5.74, 6) is 1.23. The number of nitrogens with zero attached hydrogens (tertiary/aromatic N) is 4. The molecule has 1 aliphatic rings.